The van der Waals surface area contributed by atoms with Crippen LogP contribution in [0, 0.1) is 5.82 Å². The second kappa shape index (κ2) is 8.11. The molecule has 0 aliphatic carbocycles. The standard InChI is InChI=1S/C16H25BrFNO/c1-5-10-19-15(8-9-16(2,3)20-4)13-7-6-12(17)11-14(13)18/h6-7,11,15,19H,5,8-10H2,1-4H3. The first kappa shape index (κ1) is 17.6. The first-order chi connectivity index (χ1) is 9.39. The van der Waals surface area contributed by atoms with Crippen molar-refractivity contribution in [3.63, 3.8) is 0 Å². The van der Waals surface area contributed by atoms with E-state index in [0.29, 0.717) is 0 Å². The van der Waals surface area contributed by atoms with E-state index in [-0.39, 0.29) is 17.5 Å². The van der Waals surface area contributed by atoms with Crippen molar-refractivity contribution >= 4 is 15.9 Å². The van der Waals surface area contributed by atoms with Crippen molar-refractivity contribution in [3.8, 4) is 0 Å². The molecule has 0 amide bonds. The zero-order valence-corrected chi connectivity index (χ0v) is 14.4. The van der Waals surface area contributed by atoms with Gasteiger partial charge in [0.1, 0.15) is 5.82 Å². The minimum atomic E-state index is -0.183. The lowest BCUT2D eigenvalue weighted by Crippen LogP contribution is -2.28. The largest absolute Gasteiger partial charge is 0.379 e. The zero-order valence-electron chi connectivity index (χ0n) is 12.8. The topological polar surface area (TPSA) is 21.3 Å². The minimum Gasteiger partial charge on any atom is -0.379 e. The second-order valence-corrected chi connectivity index (χ2v) is 6.59. The first-order valence-corrected chi connectivity index (χ1v) is 7.92. The molecule has 0 heterocycles. The van der Waals surface area contributed by atoms with E-state index in [2.05, 4.69) is 42.0 Å². The highest BCUT2D eigenvalue weighted by molar-refractivity contribution is 9.10. The molecule has 0 aliphatic heterocycles. The molecule has 114 valence electrons. The lowest BCUT2D eigenvalue weighted by atomic mass is 9.94. The first-order valence-electron chi connectivity index (χ1n) is 7.13. The number of rotatable bonds is 8. The summed E-state index contributed by atoms with van der Waals surface area (Å²) < 4.78 is 20.3. The second-order valence-electron chi connectivity index (χ2n) is 5.68. The summed E-state index contributed by atoms with van der Waals surface area (Å²) in [5, 5.41) is 3.43. The Balaban J connectivity index is 2.82. The summed E-state index contributed by atoms with van der Waals surface area (Å²) in [5.41, 5.74) is 0.548. The van der Waals surface area contributed by atoms with Crippen LogP contribution in [-0.4, -0.2) is 19.3 Å². The molecule has 0 bridgehead atoms. The van der Waals surface area contributed by atoms with Gasteiger partial charge < -0.3 is 10.1 Å². The highest BCUT2D eigenvalue weighted by Gasteiger charge is 2.21. The van der Waals surface area contributed by atoms with Crippen LogP contribution in [0.15, 0.2) is 22.7 Å². The molecule has 1 rings (SSSR count). The van der Waals surface area contributed by atoms with Crippen molar-refractivity contribution in [2.45, 2.75) is 51.7 Å². The summed E-state index contributed by atoms with van der Waals surface area (Å²) in [6, 6.07) is 5.29. The number of benzene rings is 1. The number of halogens is 2. The van der Waals surface area contributed by atoms with Gasteiger partial charge >= 0.3 is 0 Å². The van der Waals surface area contributed by atoms with Crippen LogP contribution in [-0.2, 0) is 4.74 Å². The van der Waals surface area contributed by atoms with Crippen LogP contribution in [0.1, 0.15) is 51.6 Å². The summed E-state index contributed by atoms with van der Waals surface area (Å²) in [6.45, 7) is 7.11. The molecule has 0 fully saturated rings. The van der Waals surface area contributed by atoms with Crippen LogP contribution in [0.25, 0.3) is 0 Å². The van der Waals surface area contributed by atoms with Gasteiger partial charge in [-0.05, 0) is 51.8 Å². The molecular weight excluding hydrogens is 321 g/mol. The van der Waals surface area contributed by atoms with E-state index in [1.807, 2.05) is 12.1 Å². The third-order valence-electron chi connectivity index (χ3n) is 3.57. The maximum Gasteiger partial charge on any atom is 0.129 e. The molecule has 0 saturated carbocycles. The van der Waals surface area contributed by atoms with Crippen LogP contribution in [0.4, 0.5) is 4.39 Å². The minimum absolute atomic E-state index is 0.0254. The van der Waals surface area contributed by atoms with Gasteiger partial charge in [-0.25, -0.2) is 4.39 Å². The highest BCUT2D eigenvalue weighted by atomic mass is 79.9. The molecule has 1 aromatic rings. The van der Waals surface area contributed by atoms with E-state index in [4.69, 9.17) is 4.74 Å². The maximum absolute atomic E-state index is 14.1. The Morgan fingerprint density at radius 2 is 2.10 bits per heavy atom. The van der Waals surface area contributed by atoms with Crippen molar-refractivity contribution in [2.75, 3.05) is 13.7 Å². The van der Waals surface area contributed by atoms with Crippen molar-refractivity contribution in [2.24, 2.45) is 0 Å². The summed E-state index contributed by atoms with van der Waals surface area (Å²) in [4.78, 5) is 0. The van der Waals surface area contributed by atoms with Crippen molar-refractivity contribution in [1.29, 1.82) is 0 Å². The van der Waals surface area contributed by atoms with Gasteiger partial charge in [0.25, 0.3) is 0 Å². The van der Waals surface area contributed by atoms with Crippen LogP contribution < -0.4 is 5.32 Å². The normalized spacial score (nSPS) is 13.5. The van der Waals surface area contributed by atoms with Crippen LogP contribution in [0.3, 0.4) is 0 Å². The smallest absolute Gasteiger partial charge is 0.129 e. The SMILES string of the molecule is CCCNC(CCC(C)(C)OC)c1ccc(Br)cc1F. The summed E-state index contributed by atoms with van der Waals surface area (Å²) in [7, 11) is 1.72. The third kappa shape index (κ3) is 5.51. The van der Waals surface area contributed by atoms with Gasteiger partial charge in [-0.2, -0.15) is 0 Å². The summed E-state index contributed by atoms with van der Waals surface area (Å²) in [5.74, 6) is -0.164. The third-order valence-corrected chi connectivity index (χ3v) is 4.06. The summed E-state index contributed by atoms with van der Waals surface area (Å²) >= 11 is 3.30. The molecule has 1 aromatic carbocycles. The molecule has 1 unspecified atom stereocenters. The predicted octanol–water partition coefficient (Wildman–Crippen LogP) is 4.83. The monoisotopic (exact) mass is 345 g/mol. The molecule has 0 spiro atoms. The molecule has 1 atom stereocenters. The van der Waals surface area contributed by atoms with Gasteiger partial charge in [-0.1, -0.05) is 28.9 Å². The average molecular weight is 346 g/mol. The highest BCUT2D eigenvalue weighted by Crippen LogP contribution is 2.27. The Labute approximate surface area is 130 Å². The molecular formula is C16H25BrFNO. The van der Waals surface area contributed by atoms with Crippen molar-refractivity contribution < 1.29 is 9.13 Å². The lowest BCUT2D eigenvalue weighted by molar-refractivity contribution is 0.0116. The number of nitrogens with one attached hydrogen (secondary N) is 1. The maximum atomic E-state index is 14.1. The predicted molar refractivity (Wildman–Crippen MR) is 85.5 cm³/mol. The fourth-order valence-corrected chi connectivity index (χ4v) is 2.40. The Morgan fingerprint density at radius 3 is 2.65 bits per heavy atom. The number of hydrogen-bond donors (Lipinski definition) is 1. The fourth-order valence-electron chi connectivity index (χ4n) is 2.06. The average Bonchev–Trinajstić information content (AvgIpc) is 2.40. The molecule has 0 saturated heterocycles. The van der Waals surface area contributed by atoms with Gasteiger partial charge in [0, 0.05) is 23.2 Å². The number of methoxy groups -OCH3 is 1. The van der Waals surface area contributed by atoms with E-state index < -0.39 is 0 Å². The van der Waals surface area contributed by atoms with E-state index >= 15 is 0 Å². The van der Waals surface area contributed by atoms with Gasteiger partial charge in [-0.3, -0.25) is 0 Å². The molecule has 2 nitrogen and oxygen atoms in total. The van der Waals surface area contributed by atoms with Gasteiger partial charge in [-0.15, -0.1) is 0 Å². The molecule has 20 heavy (non-hydrogen) atoms. The Bertz CT molecular complexity index is 423. The van der Waals surface area contributed by atoms with Crippen LogP contribution in [0.5, 0.6) is 0 Å². The Kier molecular flexibility index (Phi) is 7.13. The Hall–Kier alpha value is -0.450. The van der Waals surface area contributed by atoms with E-state index in [1.54, 1.807) is 7.11 Å². The molecule has 0 aromatic heterocycles. The van der Waals surface area contributed by atoms with E-state index in [1.165, 1.54) is 6.07 Å². The summed E-state index contributed by atoms with van der Waals surface area (Å²) in [6.07, 6.45) is 2.75. The van der Waals surface area contributed by atoms with E-state index in [9.17, 15) is 4.39 Å². The molecule has 0 radical (unpaired) electrons. The fraction of sp³-hybridized carbons (Fsp3) is 0.625. The quantitative estimate of drug-likeness (QED) is 0.728. The van der Waals surface area contributed by atoms with Crippen molar-refractivity contribution in [3.05, 3.63) is 34.1 Å². The molecule has 0 aliphatic rings. The van der Waals surface area contributed by atoms with Gasteiger partial charge in [0.15, 0.2) is 0 Å². The lowest BCUT2D eigenvalue weighted by Gasteiger charge is -2.27. The van der Waals surface area contributed by atoms with Gasteiger partial charge in [0.05, 0.1) is 5.60 Å². The van der Waals surface area contributed by atoms with Gasteiger partial charge in [0.2, 0.25) is 0 Å². The van der Waals surface area contributed by atoms with Crippen LogP contribution in [0.2, 0.25) is 0 Å². The van der Waals surface area contributed by atoms with Crippen molar-refractivity contribution in [1.82, 2.24) is 5.32 Å². The number of ether oxygens (including phenoxy) is 1. The van der Waals surface area contributed by atoms with E-state index in [0.717, 1.165) is 35.8 Å². The zero-order chi connectivity index (χ0) is 15.2. The number of hydrogen-bond acceptors (Lipinski definition) is 2. The molecule has 4 heteroatoms. The molecule has 1 N–H and O–H groups in total. The van der Waals surface area contributed by atoms with Crippen LogP contribution >= 0.6 is 15.9 Å². The Morgan fingerprint density at radius 1 is 1.40 bits per heavy atom.